The molecule has 2 aromatic rings. The Labute approximate surface area is 175 Å². The van der Waals surface area contributed by atoms with Crippen molar-refractivity contribution in [1.29, 1.82) is 0 Å². The van der Waals surface area contributed by atoms with E-state index in [2.05, 4.69) is 0 Å². The monoisotopic (exact) mass is 413 g/mol. The van der Waals surface area contributed by atoms with E-state index in [-0.39, 0.29) is 16.9 Å². The molecule has 3 rings (SSSR count). The van der Waals surface area contributed by atoms with Gasteiger partial charge in [-0.3, -0.25) is 9.59 Å². The first-order valence-corrected chi connectivity index (χ1v) is 9.80. The minimum absolute atomic E-state index is 0.00272. The standard InChI is InChI=1S/C23H25FN2O4/c1-25(2)12-5-13-26-20(16-6-4-7-18(14-16)30-3)19(22(28)23(26)29)21(27)15-8-10-17(24)11-9-15/h4,6-11,14,20,27H,5,12-13H2,1-3H3/p+1/t20-/m0/s1. The number of nitrogens with zero attached hydrogens (tertiary/aromatic N) is 1. The minimum atomic E-state index is -0.748. The first-order valence-electron chi connectivity index (χ1n) is 9.80. The maximum Gasteiger partial charge on any atom is 0.295 e. The number of rotatable bonds is 7. The molecule has 1 fully saturated rings. The number of amides is 1. The number of Topliss-reactive ketones (excluding diaryl/α,β-unsaturated/α-hetero) is 1. The Morgan fingerprint density at radius 1 is 1.17 bits per heavy atom. The molecule has 2 aromatic carbocycles. The number of halogens is 1. The summed E-state index contributed by atoms with van der Waals surface area (Å²) in [4.78, 5) is 28.5. The summed E-state index contributed by atoms with van der Waals surface area (Å²) in [5.74, 6) is -1.59. The minimum Gasteiger partial charge on any atom is -0.507 e. The van der Waals surface area contributed by atoms with Gasteiger partial charge >= 0.3 is 0 Å². The van der Waals surface area contributed by atoms with Crippen LogP contribution in [0.25, 0.3) is 5.76 Å². The average Bonchev–Trinajstić information content (AvgIpc) is 2.98. The van der Waals surface area contributed by atoms with Crippen LogP contribution in [0, 0.1) is 5.82 Å². The first kappa shape index (κ1) is 21.5. The Kier molecular flexibility index (Phi) is 6.52. The lowest BCUT2D eigenvalue weighted by Gasteiger charge is -2.25. The molecule has 30 heavy (non-hydrogen) atoms. The highest BCUT2D eigenvalue weighted by atomic mass is 19.1. The van der Waals surface area contributed by atoms with Gasteiger partial charge in [0.15, 0.2) is 0 Å². The fraction of sp³-hybridized carbons (Fsp3) is 0.304. The Morgan fingerprint density at radius 3 is 2.50 bits per heavy atom. The number of carbonyl (C=O) groups is 2. The van der Waals surface area contributed by atoms with Gasteiger partial charge in [-0.25, -0.2) is 4.39 Å². The number of carbonyl (C=O) groups excluding carboxylic acids is 2. The van der Waals surface area contributed by atoms with E-state index in [9.17, 15) is 19.1 Å². The molecule has 0 aromatic heterocycles. The molecule has 0 saturated carbocycles. The molecule has 0 aliphatic carbocycles. The number of methoxy groups -OCH3 is 1. The van der Waals surface area contributed by atoms with Crippen LogP contribution in [0.15, 0.2) is 54.1 Å². The number of quaternary nitrogens is 1. The van der Waals surface area contributed by atoms with Gasteiger partial charge in [0, 0.05) is 18.5 Å². The topological polar surface area (TPSA) is 71.3 Å². The number of ketones is 1. The van der Waals surface area contributed by atoms with Crippen molar-refractivity contribution in [2.75, 3.05) is 34.3 Å². The van der Waals surface area contributed by atoms with Crippen molar-refractivity contribution in [3.05, 3.63) is 71.0 Å². The van der Waals surface area contributed by atoms with E-state index in [1.807, 2.05) is 14.1 Å². The predicted octanol–water partition coefficient (Wildman–Crippen LogP) is 1.79. The normalized spacial score (nSPS) is 18.3. The van der Waals surface area contributed by atoms with Crippen LogP contribution >= 0.6 is 0 Å². The molecule has 0 spiro atoms. The van der Waals surface area contributed by atoms with Gasteiger partial charge in [0.1, 0.15) is 17.3 Å². The van der Waals surface area contributed by atoms with E-state index in [0.717, 1.165) is 6.54 Å². The highest BCUT2D eigenvalue weighted by molar-refractivity contribution is 6.46. The second-order valence-electron chi connectivity index (χ2n) is 7.59. The second kappa shape index (κ2) is 9.09. The van der Waals surface area contributed by atoms with Crippen molar-refractivity contribution >= 4 is 17.4 Å². The molecule has 1 aliphatic heterocycles. The summed E-state index contributed by atoms with van der Waals surface area (Å²) in [5, 5.41) is 10.9. The highest BCUT2D eigenvalue weighted by Crippen LogP contribution is 2.40. The van der Waals surface area contributed by atoms with Crippen molar-refractivity contribution in [3.63, 3.8) is 0 Å². The van der Waals surface area contributed by atoms with Crippen LogP contribution in [0.5, 0.6) is 5.75 Å². The number of benzene rings is 2. The third kappa shape index (κ3) is 4.36. The Hall–Kier alpha value is -3.19. The molecule has 0 radical (unpaired) electrons. The smallest absolute Gasteiger partial charge is 0.295 e. The lowest BCUT2D eigenvalue weighted by atomic mass is 9.95. The molecule has 6 nitrogen and oxygen atoms in total. The second-order valence-corrected chi connectivity index (χ2v) is 7.59. The van der Waals surface area contributed by atoms with Gasteiger partial charge < -0.3 is 19.6 Å². The fourth-order valence-corrected chi connectivity index (χ4v) is 3.64. The SMILES string of the molecule is COc1cccc([C@H]2C(=C(O)c3ccc(F)cc3)C(=O)C(=O)N2CCC[NH+](C)C)c1. The zero-order chi connectivity index (χ0) is 21.8. The highest BCUT2D eigenvalue weighted by Gasteiger charge is 2.45. The van der Waals surface area contributed by atoms with Crippen molar-refractivity contribution in [2.24, 2.45) is 0 Å². The lowest BCUT2D eigenvalue weighted by molar-refractivity contribution is -0.858. The van der Waals surface area contributed by atoms with E-state index in [0.29, 0.717) is 24.3 Å². The maximum absolute atomic E-state index is 13.3. The molecule has 1 heterocycles. The van der Waals surface area contributed by atoms with Crippen LogP contribution in [0.1, 0.15) is 23.6 Å². The summed E-state index contributed by atoms with van der Waals surface area (Å²) in [7, 11) is 5.57. The van der Waals surface area contributed by atoms with E-state index < -0.39 is 23.5 Å². The number of aliphatic hydroxyl groups is 1. The van der Waals surface area contributed by atoms with E-state index in [4.69, 9.17) is 4.74 Å². The first-order chi connectivity index (χ1) is 14.3. The summed E-state index contributed by atoms with van der Waals surface area (Å²) in [6.45, 7) is 1.20. The largest absolute Gasteiger partial charge is 0.507 e. The summed E-state index contributed by atoms with van der Waals surface area (Å²) < 4.78 is 18.6. The summed E-state index contributed by atoms with van der Waals surface area (Å²) in [6.07, 6.45) is 0.701. The number of likely N-dealkylation sites (tertiary alicyclic amines) is 1. The molecule has 2 N–H and O–H groups in total. The Balaban J connectivity index is 2.10. The molecular formula is C23H26FN2O4+. The lowest BCUT2D eigenvalue weighted by Crippen LogP contribution is -3.05. The van der Waals surface area contributed by atoms with Crippen LogP contribution in [0.3, 0.4) is 0 Å². The van der Waals surface area contributed by atoms with E-state index in [1.165, 1.54) is 41.2 Å². The number of hydrogen-bond donors (Lipinski definition) is 2. The van der Waals surface area contributed by atoms with Crippen LogP contribution < -0.4 is 9.64 Å². The molecule has 0 bridgehead atoms. The summed E-state index contributed by atoms with van der Waals surface area (Å²) in [6, 6.07) is 11.5. The summed E-state index contributed by atoms with van der Waals surface area (Å²) >= 11 is 0. The fourth-order valence-electron chi connectivity index (χ4n) is 3.64. The van der Waals surface area contributed by atoms with E-state index in [1.54, 1.807) is 24.3 Å². The van der Waals surface area contributed by atoms with Gasteiger partial charge in [-0.05, 0) is 42.0 Å². The summed E-state index contributed by atoms with van der Waals surface area (Å²) in [5.41, 5.74) is 0.937. The third-order valence-corrected chi connectivity index (χ3v) is 5.14. The third-order valence-electron chi connectivity index (χ3n) is 5.14. The van der Waals surface area contributed by atoms with Crippen molar-refractivity contribution in [2.45, 2.75) is 12.5 Å². The number of hydrogen-bond acceptors (Lipinski definition) is 4. The molecule has 1 saturated heterocycles. The molecule has 158 valence electrons. The van der Waals surface area contributed by atoms with Gasteiger partial charge in [0.05, 0.1) is 39.4 Å². The average molecular weight is 413 g/mol. The van der Waals surface area contributed by atoms with Crippen molar-refractivity contribution < 1.29 is 28.7 Å². The van der Waals surface area contributed by atoms with Gasteiger partial charge in [0.25, 0.3) is 11.7 Å². The van der Waals surface area contributed by atoms with Crippen molar-refractivity contribution in [3.8, 4) is 5.75 Å². The van der Waals surface area contributed by atoms with Gasteiger partial charge in [-0.2, -0.15) is 0 Å². The van der Waals surface area contributed by atoms with Crippen LogP contribution in [0.4, 0.5) is 4.39 Å². The Morgan fingerprint density at radius 2 is 1.87 bits per heavy atom. The van der Waals surface area contributed by atoms with Gasteiger partial charge in [-0.15, -0.1) is 0 Å². The molecule has 0 unspecified atom stereocenters. The predicted molar refractivity (Wildman–Crippen MR) is 111 cm³/mol. The quantitative estimate of drug-likeness (QED) is 0.413. The van der Waals surface area contributed by atoms with Crippen molar-refractivity contribution in [1.82, 2.24) is 4.90 Å². The van der Waals surface area contributed by atoms with E-state index >= 15 is 0 Å². The maximum atomic E-state index is 13.3. The molecule has 1 amide bonds. The zero-order valence-electron chi connectivity index (χ0n) is 17.3. The van der Waals surface area contributed by atoms with Crippen LogP contribution in [-0.2, 0) is 9.59 Å². The number of nitrogens with one attached hydrogen (secondary N) is 1. The Bertz CT molecular complexity index is 969. The number of ether oxygens (including phenoxy) is 1. The number of aliphatic hydroxyl groups excluding tert-OH is 1. The zero-order valence-corrected chi connectivity index (χ0v) is 17.3. The molecule has 1 aliphatic rings. The molecule has 7 heteroatoms. The molecule has 1 atom stereocenters. The van der Waals surface area contributed by atoms with Gasteiger partial charge in [-0.1, -0.05) is 12.1 Å². The van der Waals surface area contributed by atoms with Gasteiger partial charge in [0.2, 0.25) is 0 Å². The van der Waals surface area contributed by atoms with Crippen LogP contribution in [0.2, 0.25) is 0 Å². The molecular weight excluding hydrogens is 387 g/mol. The van der Waals surface area contributed by atoms with Crippen LogP contribution in [-0.4, -0.2) is 56.0 Å².